The Balaban J connectivity index is 1.16. The van der Waals surface area contributed by atoms with Crippen LogP contribution in [0.25, 0.3) is 62.4 Å². The van der Waals surface area contributed by atoms with Crippen molar-refractivity contribution in [2.24, 2.45) is 5.92 Å². The van der Waals surface area contributed by atoms with Crippen molar-refractivity contribution in [3.8, 4) is 19.3 Å². The van der Waals surface area contributed by atoms with Gasteiger partial charge >= 0.3 is 254 Å². The Hall–Kier alpha value is -4.54. The van der Waals surface area contributed by atoms with Crippen LogP contribution in [0, 0.1) is 5.92 Å². The number of para-hydroxylation sites is 1. The van der Waals surface area contributed by atoms with E-state index in [1.165, 1.54) is 72.0 Å². The summed E-state index contributed by atoms with van der Waals surface area (Å²) < 4.78 is 2.87. The molecule has 3 heterocycles. The van der Waals surface area contributed by atoms with Crippen LogP contribution in [0.3, 0.4) is 0 Å². The van der Waals surface area contributed by atoms with Crippen LogP contribution in [-0.4, -0.2) is 26.3 Å². The molecule has 0 saturated heterocycles. The van der Waals surface area contributed by atoms with Crippen molar-refractivity contribution < 1.29 is 9.59 Å². The fourth-order valence-corrected chi connectivity index (χ4v) is 12.3. The van der Waals surface area contributed by atoms with Gasteiger partial charge in [-0.3, -0.25) is 0 Å². The van der Waals surface area contributed by atoms with Crippen molar-refractivity contribution in [2.75, 3.05) is 4.90 Å². The number of thiophene rings is 1. The predicted molar refractivity (Wildman–Crippen MR) is 231 cm³/mol. The van der Waals surface area contributed by atoms with E-state index in [-0.39, 0.29) is 32.2 Å². The van der Waals surface area contributed by atoms with Crippen LogP contribution in [0.1, 0.15) is 103 Å². The monoisotopic (exact) mass is 791 g/mol. The van der Waals surface area contributed by atoms with E-state index in [0.29, 0.717) is 17.0 Å². The number of imide groups is 1. The van der Waals surface area contributed by atoms with Gasteiger partial charge in [-0.05, 0) is 29.4 Å². The van der Waals surface area contributed by atoms with Gasteiger partial charge < -0.3 is 0 Å². The number of nitrogens with zero attached hydrogens (tertiary/aromatic N) is 1. The Kier molecular flexibility index (Phi) is 9.09. The molecule has 0 aliphatic carbocycles. The summed E-state index contributed by atoms with van der Waals surface area (Å²) in [6, 6.07) is 35.0. The van der Waals surface area contributed by atoms with Crippen LogP contribution in [0.4, 0.5) is 5.69 Å². The minimum absolute atomic E-state index is 0.156. The number of hydrogen-bond donors (Lipinski definition) is 0. The van der Waals surface area contributed by atoms with Crippen LogP contribution in [0.15, 0.2) is 97.1 Å². The molecule has 1 aliphatic rings. The second-order valence-electron chi connectivity index (χ2n) is 15.8. The third-order valence-corrected chi connectivity index (χ3v) is 15.2. The summed E-state index contributed by atoms with van der Waals surface area (Å²) >= 11 is 2.19. The van der Waals surface area contributed by atoms with Crippen molar-refractivity contribution in [3.05, 3.63) is 124 Å². The molecular formula is C49H45NO2SSe. The molecule has 9 rings (SSSR count). The molecule has 8 aromatic rings. The van der Waals surface area contributed by atoms with E-state index in [1.807, 2.05) is 23.5 Å². The van der Waals surface area contributed by atoms with Crippen LogP contribution in [-0.2, 0) is 12.8 Å². The normalized spacial score (nSPS) is 13.4. The summed E-state index contributed by atoms with van der Waals surface area (Å²) in [6.07, 6.45) is 7.16. The van der Waals surface area contributed by atoms with Gasteiger partial charge in [-0.25, -0.2) is 0 Å². The molecule has 54 heavy (non-hydrogen) atoms. The molecule has 0 saturated carbocycles. The van der Waals surface area contributed by atoms with E-state index in [2.05, 4.69) is 120 Å². The zero-order valence-electron chi connectivity index (χ0n) is 31.7. The van der Waals surface area contributed by atoms with Crippen LogP contribution >= 0.6 is 11.3 Å². The van der Waals surface area contributed by atoms with E-state index in [0.717, 1.165) is 55.6 Å². The van der Waals surface area contributed by atoms with E-state index >= 15 is 0 Å². The predicted octanol–water partition coefficient (Wildman–Crippen LogP) is 13.4. The van der Waals surface area contributed by atoms with Crippen LogP contribution in [0.2, 0.25) is 0 Å². The van der Waals surface area contributed by atoms with Gasteiger partial charge in [0.1, 0.15) is 0 Å². The van der Waals surface area contributed by atoms with Crippen molar-refractivity contribution in [3.63, 3.8) is 0 Å². The number of benzene rings is 6. The van der Waals surface area contributed by atoms with Gasteiger partial charge in [-0.2, -0.15) is 0 Å². The molecule has 3 nitrogen and oxygen atoms in total. The molecule has 0 atom stereocenters. The summed E-state index contributed by atoms with van der Waals surface area (Å²) in [5.74, 6) is 0.0681. The molecule has 0 spiro atoms. The van der Waals surface area contributed by atoms with Crippen LogP contribution < -0.4 is 4.90 Å². The summed E-state index contributed by atoms with van der Waals surface area (Å²) in [4.78, 5) is 33.8. The minimum atomic E-state index is -0.235. The standard InChI is InChI=1S/C49H45NO2SSe/c1-6-7-8-9-13-31-17-24-41(53-31)43-26-25-42(54-43)33-18-19-36-38-21-23-40-46-39(22-20-37(45(38)46)35-16-11-15-34(33)44(35)36)48(51)50(49(40)52)47-30(27-28(2)3)12-10-14-32(47)29(4)5/h10-12,14-26,28-29H,6-9,13,27H2,1-5H3. The Morgan fingerprint density at radius 3 is 1.96 bits per heavy atom. The summed E-state index contributed by atoms with van der Waals surface area (Å²) in [5.41, 5.74) is 5.33. The zero-order chi connectivity index (χ0) is 37.2. The number of hydrogen-bond acceptors (Lipinski definition) is 3. The second kappa shape index (κ2) is 13.9. The molecule has 0 unspecified atom stereocenters. The van der Waals surface area contributed by atoms with E-state index in [4.69, 9.17) is 0 Å². The second-order valence-corrected chi connectivity index (χ2v) is 19.2. The number of fused-ring (bicyclic) bond motifs is 2. The van der Waals surface area contributed by atoms with Crippen molar-refractivity contribution >= 4 is 86.4 Å². The number of carbonyl (C=O) groups is 2. The average molecular weight is 791 g/mol. The van der Waals surface area contributed by atoms with Crippen molar-refractivity contribution in [2.45, 2.75) is 79.1 Å². The molecular weight excluding hydrogens is 746 g/mol. The van der Waals surface area contributed by atoms with Gasteiger partial charge in [-0.15, -0.1) is 0 Å². The first kappa shape index (κ1) is 35.2. The molecule has 6 aromatic carbocycles. The quantitative estimate of drug-likeness (QED) is 0.0430. The first-order valence-electron chi connectivity index (χ1n) is 19.6. The molecule has 0 bridgehead atoms. The molecule has 0 radical (unpaired) electrons. The molecule has 2 amide bonds. The zero-order valence-corrected chi connectivity index (χ0v) is 34.2. The van der Waals surface area contributed by atoms with E-state index in [9.17, 15) is 9.59 Å². The number of aryl methyl sites for hydroxylation is 1. The Labute approximate surface area is 327 Å². The Morgan fingerprint density at radius 2 is 1.26 bits per heavy atom. The van der Waals surface area contributed by atoms with Gasteiger partial charge in [0, 0.05) is 0 Å². The molecule has 2 aromatic heterocycles. The number of carbonyl (C=O) groups excluding carboxylic acids is 2. The number of amides is 2. The van der Waals surface area contributed by atoms with Crippen molar-refractivity contribution in [1.29, 1.82) is 0 Å². The number of anilines is 1. The first-order chi connectivity index (χ1) is 26.2. The summed E-state index contributed by atoms with van der Waals surface area (Å²) in [6.45, 7) is 10.9. The van der Waals surface area contributed by atoms with E-state index < -0.39 is 0 Å². The fraction of sp³-hybridized carbons (Fsp3) is 0.265. The maximum atomic E-state index is 14.7. The Bertz CT molecular complexity index is 2680. The van der Waals surface area contributed by atoms with E-state index in [1.54, 1.807) is 0 Å². The van der Waals surface area contributed by atoms with Crippen molar-refractivity contribution in [1.82, 2.24) is 0 Å². The van der Waals surface area contributed by atoms with Gasteiger partial charge in [0.05, 0.1) is 0 Å². The van der Waals surface area contributed by atoms with Gasteiger partial charge in [0.2, 0.25) is 0 Å². The number of rotatable bonds is 11. The first-order valence-corrected chi connectivity index (χ1v) is 22.1. The molecule has 5 heteroatoms. The topological polar surface area (TPSA) is 37.4 Å². The molecule has 1 aliphatic heterocycles. The fourth-order valence-electron chi connectivity index (χ4n) is 8.85. The van der Waals surface area contributed by atoms with Gasteiger partial charge in [0.25, 0.3) is 0 Å². The van der Waals surface area contributed by atoms with Crippen LogP contribution in [0.5, 0.6) is 0 Å². The third kappa shape index (κ3) is 5.67. The SMILES string of the molecule is CCCCCCc1ccc(-c2ccc(-c3ccc4c5ccc6c7c(ccc(c8cccc3c84)c75)C(=O)N(c3c(CC(C)C)cccc3C(C)C)C6=O)[se]2)s1. The molecule has 0 fully saturated rings. The van der Waals surface area contributed by atoms with Gasteiger partial charge in [-0.1, -0.05) is 45.9 Å². The molecule has 270 valence electrons. The summed E-state index contributed by atoms with van der Waals surface area (Å²) in [5, 5.41) is 8.81. The Morgan fingerprint density at radius 1 is 0.611 bits per heavy atom. The van der Waals surface area contributed by atoms with Gasteiger partial charge in [0.15, 0.2) is 0 Å². The third-order valence-electron chi connectivity index (χ3n) is 11.3. The summed E-state index contributed by atoms with van der Waals surface area (Å²) in [7, 11) is 0. The number of unbranched alkanes of at least 4 members (excludes halogenated alkanes) is 3. The maximum absolute atomic E-state index is 14.7. The average Bonchev–Trinajstić information content (AvgIpc) is 3.85. The molecule has 0 N–H and O–H groups in total.